The number of nitrogens with zero attached hydrogens (tertiary/aromatic N) is 4. The van der Waals surface area contributed by atoms with Gasteiger partial charge in [-0.1, -0.05) is 11.8 Å². The van der Waals surface area contributed by atoms with E-state index in [1.165, 1.54) is 49.2 Å². The number of pyridine rings is 2. The summed E-state index contributed by atoms with van der Waals surface area (Å²) >= 11 is 0. The number of sulfonamides is 1. The maximum atomic E-state index is 14.2. The van der Waals surface area contributed by atoms with Crippen LogP contribution < -0.4 is 14.9 Å². The molecule has 2 amide bonds. The number of primary amides is 1. The van der Waals surface area contributed by atoms with Crippen LogP contribution in [0.15, 0.2) is 48.7 Å². The molecule has 2 fully saturated rings. The van der Waals surface area contributed by atoms with E-state index in [4.69, 9.17) is 5.73 Å². The Kier molecular flexibility index (Phi) is 7.42. The van der Waals surface area contributed by atoms with E-state index in [1.807, 2.05) is 0 Å². The lowest BCUT2D eigenvalue weighted by atomic mass is 10.1. The summed E-state index contributed by atoms with van der Waals surface area (Å²) < 4.78 is 82.0. The van der Waals surface area contributed by atoms with Crippen LogP contribution in [-0.2, 0) is 21.0 Å². The standard InChI is InChI=1S/C29H25F4N5O4S/c1-17-12-21(6-7-22(17)30)37(11-3-4-19-5-8-23(26(34)39)35-16-19)27(40)24-15-28(9-10-28)43(41,42)38(24)25-14-20(29(31,32)33)13-18(2)36-25/h5-8,12-14,16,24H,9-11,15H2,1-2H3,(H2,34,39)/t24-/m0/s1. The van der Waals surface area contributed by atoms with Gasteiger partial charge in [0.15, 0.2) is 0 Å². The molecule has 3 aromatic rings. The van der Waals surface area contributed by atoms with Crippen molar-refractivity contribution in [2.24, 2.45) is 5.73 Å². The molecule has 3 heterocycles. The smallest absolute Gasteiger partial charge is 0.364 e. The average Bonchev–Trinajstić information content (AvgIpc) is 3.68. The van der Waals surface area contributed by atoms with Crippen molar-refractivity contribution in [1.29, 1.82) is 0 Å². The van der Waals surface area contributed by atoms with Gasteiger partial charge in [0.1, 0.15) is 23.4 Å². The van der Waals surface area contributed by atoms with Gasteiger partial charge in [-0.25, -0.2) is 27.1 Å². The number of carbonyl (C=O) groups is 2. The maximum absolute atomic E-state index is 14.2. The number of hydrogen-bond acceptors (Lipinski definition) is 6. The second-order valence-corrected chi connectivity index (χ2v) is 12.7. The van der Waals surface area contributed by atoms with Crippen molar-refractivity contribution in [3.63, 3.8) is 0 Å². The van der Waals surface area contributed by atoms with Gasteiger partial charge in [0.25, 0.3) is 11.8 Å². The number of alkyl halides is 3. The van der Waals surface area contributed by atoms with E-state index < -0.39 is 56.0 Å². The molecule has 0 bridgehead atoms. The molecule has 0 unspecified atom stereocenters. The zero-order valence-corrected chi connectivity index (χ0v) is 23.8. The van der Waals surface area contributed by atoms with Crippen LogP contribution in [-0.4, -0.2) is 47.5 Å². The molecule has 43 heavy (non-hydrogen) atoms. The van der Waals surface area contributed by atoms with E-state index >= 15 is 0 Å². The third-order valence-corrected chi connectivity index (χ3v) is 10.1. The summed E-state index contributed by atoms with van der Waals surface area (Å²) in [4.78, 5) is 34.6. The Balaban J connectivity index is 1.56. The first-order valence-electron chi connectivity index (χ1n) is 13.1. The average molecular weight is 616 g/mol. The summed E-state index contributed by atoms with van der Waals surface area (Å²) in [6.07, 6.45) is -3.13. The molecular weight excluding hydrogens is 590 g/mol. The minimum Gasteiger partial charge on any atom is -0.364 e. The Bertz CT molecular complexity index is 1800. The molecule has 1 saturated heterocycles. The van der Waals surface area contributed by atoms with E-state index in [2.05, 4.69) is 21.8 Å². The van der Waals surface area contributed by atoms with Gasteiger partial charge in [-0.3, -0.25) is 14.5 Å². The van der Waals surface area contributed by atoms with Gasteiger partial charge in [0.05, 0.1) is 16.9 Å². The van der Waals surface area contributed by atoms with Gasteiger partial charge < -0.3 is 5.73 Å². The molecule has 2 aromatic heterocycles. The molecule has 9 nitrogen and oxygen atoms in total. The molecular formula is C29H25F4N5O4S. The first-order chi connectivity index (χ1) is 20.1. The third kappa shape index (κ3) is 5.64. The van der Waals surface area contributed by atoms with E-state index in [9.17, 15) is 35.6 Å². The predicted molar refractivity (Wildman–Crippen MR) is 149 cm³/mol. The summed E-state index contributed by atoms with van der Waals surface area (Å²) in [7, 11) is -4.27. The van der Waals surface area contributed by atoms with E-state index in [0.29, 0.717) is 15.9 Å². The molecule has 2 N–H and O–H groups in total. The molecule has 1 atom stereocenters. The Labute approximate surface area is 244 Å². The van der Waals surface area contributed by atoms with Crippen molar-refractivity contribution < 1.29 is 35.6 Å². The number of rotatable bonds is 5. The zero-order valence-electron chi connectivity index (χ0n) is 22.9. The molecule has 2 aliphatic rings. The number of amides is 2. The van der Waals surface area contributed by atoms with Crippen molar-refractivity contribution in [2.45, 2.75) is 50.1 Å². The minimum absolute atomic E-state index is 0.0270. The Hall–Kier alpha value is -4.51. The van der Waals surface area contributed by atoms with E-state index in [1.54, 1.807) is 0 Å². The fourth-order valence-electron chi connectivity index (χ4n) is 5.02. The SMILES string of the molecule is Cc1cc(C(F)(F)F)cc(N2[C@H](C(=O)N(CC#Cc3ccc(C(N)=O)nc3)c3ccc(F)c(C)c3)CC3(CC3)S2(=O)=O)n1. The Morgan fingerprint density at radius 1 is 1.14 bits per heavy atom. The molecule has 14 heteroatoms. The number of nitrogens with two attached hydrogens (primary N) is 1. The second-order valence-electron chi connectivity index (χ2n) is 10.5. The van der Waals surface area contributed by atoms with Gasteiger partial charge >= 0.3 is 6.18 Å². The predicted octanol–water partition coefficient (Wildman–Crippen LogP) is 3.88. The lowest BCUT2D eigenvalue weighted by Gasteiger charge is -2.29. The van der Waals surface area contributed by atoms with Gasteiger partial charge in [-0.15, -0.1) is 0 Å². The number of anilines is 2. The van der Waals surface area contributed by atoms with Gasteiger partial charge in [0, 0.05) is 23.1 Å². The van der Waals surface area contributed by atoms with Crippen LogP contribution in [0, 0.1) is 31.5 Å². The lowest BCUT2D eigenvalue weighted by molar-refractivity contribution is -0.137. The normalized spacial score (nSPS) is 18.2. The summed E-state index contributed by atoms with van der Waals surface area (Å²) in [6.45, 7) is 2.51. The first-order valence-corrected chi connectivity index (χ1v) is 14.5. The van der Waals surface area contributed by atoms with Crippen LogP contribution >= 0.6 is 0 Å². The number of aromatic nitrogens is 2. The van der Waals surface area contributed by atoms with Gasteiger partial charge in [-0.2, -0.15) is 13.2 Å². The largest absolute Gasteiger partial charge is 0.416 e. The van der Waals surface area contributed by atoms with Crippen LogP contribution in [0.3, 0.4) is 0 Å². The number of benzene rings is 1. The van der Waals surface area contributed by atoms with Gasteiger partial charge in [0.2, 0.25) is 10.0 Å². The number of aryl methyl sites for hydroxylation is 2. The third-order valence-electron chi connectivity index (χ3n) is 7.45. The number of hydrogen-bond donors (Lipinski definition) is 1. The summed E-state index contributed by atoms with van der Waals surface area (Å²) in [6, 6.07) is 6.74. The van der Waals surface area contributed by atoms with Crippen molar-refractivity contribution in [1.82, 2.24) is 9.97 Å². The van der Waals surface area contributed by atoms with E-state index in [0.717, 1.165) is 12.1 Å². The molecule has 1 spiro atoms. The highest BCUT2D eigenvalue weighted by Crippen LogP contribution is 2.55. The molecule has 1 aliphatic carbocycles. The minimum atomic E-state index is -4.78. The van der Waals surface area contributed by atoms with E-state index in [-0.39, 0.29) is 48.4 Å². The first kappa shape index (κ1) is 30.0. The lowest BCUT2D eigenvalue weighted by Crippen LogP contribution is -2.48. The maximum Gasteiger partial charge on any atom is 0.416 e. The van der Waals surface area contributed by atoms with Crippen LogP contribution in [0.4, 0.5) is 29.1 Å². The summed E-state index contributed by atoms with van der Waals surface area (Å²) in [5.74, 6) is 3.09. The highest BCUT2D eigenvalue weighted by atomic mass is 32.2. The zero-order chi connectivity index (χ0) is 31.3. The monoisotopic (exact) mass is 615 g/mol. The quantitative estimate of drug-likeness (QED) is 0.343. The fourth-order valence-corrected chi connectivity index (χ4v) is 7.27. The van der Waals surface area contributed by atoms with Crippen molar-refractivity contribution in [3.05, 3.63) is 82.6 Å². The second kappa shape index (κ2) is 10.6. The highest BCUT2D eigenvalue weighted by Gasteiger charge is 2.66. The molecule has 1 aliphatic heterocycles. The highest BCUT2D eigenvalue weighted by molar-refractivity contribution is 7.94. The molecule has 5 rings (SSSR count). The van der Waals surface area contributed by atoms with Crippen molar-refractivity contribution in [3.8, 4) is 11.8 Å². The van der Waals surface area contributed by atoms with Crippen LogP contribution in [0.1, 0.15) is 52.1 Å². The Morgan fingerprint density at radius 3 is 2.44 bits per heavy atom. The summed E-state index contributed by atoms with van der Waals surface area (Å²) in [5.41, 5.74) is 4.87. The number of carbonyl (C=O) groups excluding carboxylic acids is 2. The summed E-state index contributed by atoms with van der Waals surface area (Å²) in [5, 5.41) is 0. The molecule has 1 saturated carbocycles. The molecule has 0 radical (unpaired) electrons. The molecule has 1 aromatic carbocycles. The van der Waals surface area contributed by atoms with Crippen molar-refractivity contribution in [2.75, 3.05) is 15.7 Å². The molecule has 224 valence electrons. The fraction of sp³-hybridized carbons (Fsp3) is 0.310. The van der Waals surface area contributed by atoms with Crippen LogP contribution in [0.5, 0.6) is 0 Å². The van der Waals surface area contributed by atoms with Crippen LogP contribution in [0.2, 0.25) is 0 Å². The Morgan fingerprint density at radius 2 is 1.86 bits per heavy atom. The van der Waals surface area contributed by atoms with Gasteiger partial charge in [-0.05, 0) is 81.1 Å². The van der Waals surface area contributed by atoms with Crippen molar-refractivity contribution >= 4 is 33.3 Å². The number of halogens is 4. The topological polar surface area (TPSA) is 127 Å². The van der Waals surface area contributed by atoms with Crippen LogP contribution in [0.25, 0.3) is 0 Å².